The van der Waals surface area contributed by atoms with Gasteiger partial charge in [-0.05, 0) is 18.2 Å². The van der Waals surface area contributed by atoms with Crippen LogP contribution in [0, 0.1) is 5.82 Å². The summed E-state index contributed by atoms with van der Waals surface area (Å²) in [5.41, 5.74) is 0.438. The van der Waals surface area contributed by atoms with Crippen LogP contribution < -0.4 is 15.4 Å². The van der Waals surface area contributed by atoms with E-state index < -0.39 is 0 Å². The third kappa shape index (κ3) is 1.86. The van der Waals surface area contributed by atoms with Gasteiger partial charge in [0.05, 0.1) is 13.2 Å². The third-order valence-corrected chi connectivity index (χ3v) is 2.35. The Labute approximate surface area is 86.4 Å². The molecule has 0 unspecified atom stereocenters. The maximum atomic E-state index is 13.5. The summed E-state index contributed by atoms with van der Waals surface area (Å²) in [6.07, 6.45) is 0. The van der Waals surface area contributed by atoms with Crippen molar-refractivity contribution in [1.82, 2.24) is 10.6 Å². The topological polar surface area (TPSA) is 50.4 Å². The molecule has 2 rings (SSSR count). The van der Waals surface area contributed by atoms with E-state index in [1.165, 1.54) is 13.2 Å². The van der Waals surface area contributed by atoms with Gasteiger partial charge in [-0.1, -0.05) is 0 Å². The number of rotatable bonds is 2. The van der Waals surface area contributed by atoms with Gasteiger partial charge in [0.1, 0.15) is 11.6 Å². The minimum atomic E-state index is -0.343. The quantitative estimate of drug-likeness (QED) is 0.770. The molecule has 2 amide bonds. The average molecular weight is 210 g/mol. The average Bonchev–Trinajstić information content (AvgIpc) is 2.65. The molecular formula is C10H11FN2O2. The molecule has 1 heterocycles. The van der Waals surface area contributed by atoms with Crippen LogP contribution in [0.15, 0.2) is 18.2 Å². The molecule has 0 bridgehead atoms. The van der Waals surface area contributed by atoms with E-state index in [1.54, 1.807) is 12.1 Å². The van der Waals surface area contributed by atoms with Crippen molar-refractivity contribution in [2.75, 3.05) is 13.7 Å². The van der Waals surface area contributed by atoms with Crippen molar-refractivity contribution in [1.29, 1.82) is 0 Å². The zero-order valence-corrected chi connectivity index (χ0v) is 8.21. The largest absolute Gasteiger partial charge is 0.497 e. The Hall–Kier alpha value is -1.78. The van der Waals surface area contributed by atoms with Crippen LogP contribution in [0.1, 0.15) is 11.6 Å². The lowest BCUT2D eigenvalue weighted by molar-refractivity contribution is 0.247. The molecule has 2 N–H and O–H groups in total. The normalized spacial score (nSPS) is 19.6. The number of nitrogens with one attached hydrogen (secondary N) is 2. The Bertz CT molecular complexity index is 395. The van der Waals surface area contributed by atoms with Crippen LogP contribution in [-0.4, -0.2) is 19.7 Å². The number of amides is 2. The van der Waals surface area contributed by atoms with Gasteiger partial charge in [0.15, 0.2) is 0 Å². The number of methoxy groups -OCH3 is 1. The third-order valence-electron chi connectivity index (χ3n) is 2.35. The van der Waals surface area contributed by atoms with Gasteiger partial charge >= 0.3 is 6.03 Å². The van der Waals surface area contributed by atoms with Crippen LogP contribution in [0.3, 0.4) is 0 Å². The molecule has 1 aromatic carbocycles. The fourth-order valence-electron chi connectivity index (χ4n) is 1.56. The van der Waals surface area contributed by atoms with Crippen LogP contribution >= 0.6 is 0 Å². The van der Waals surface area contributed by atoms with E-state index in [0.29, 0.717) is 17.9 Å². The minimum Gasteiger partial charge on any atom is -0.497 e. The van der Waals surface area contributed by atoms with E-state index in [9.17, 15) is 9.18 Å². The number of hydrogen-bond donors (Lipinski definition) is 2. The molecule has 0 saturated carbocycles. The smallest absolute Gasteiger partial charge is 0.315 e. The highest BCUT2D eigenvalue weighted by Gasteiger charge is 2.24. The Balaban J connectivity index is 2.30. The van der Waals surface area contributed by atoms with Crippen molar-refractivity contribution >= 4 is 6.03 Å². The second-order valence-electron chi connectivity index (χ2n) is 3.29. The van der Waals surface area contributed by atoms with Gasteiger partial charge in [-0.25, -0.2) is 9.18 Å². The fourth-order valence-corrected chi connectivity index (χ4v) is 1.56. The summed E-state index contributed by atoms with van der Waals surface area (Å²) in [5.74, 6) is 0.234. The van der Waals surface area contributed by atoms with E-state index in [1.807, 2.05) is 0 Å². The molecule has 80 valence electrons. The van der Waals surface area contributed by atoms with Crippen LogP contribution in [0.25, 0.3) is 0 Å². The molecule has 0 spiro atoms. The second kappa shape index (κ2) is 3.76. The summed E-state index contributed by atoms with van der Waals surface area (Å²) >= 11 is 0. The van der Waals surface area contributed by atoms with Gasteiger partial charge in [0.2, 0.25) is 0 Å². The van der Waals surface area contributed by atoms with Gasteiger partial charge in [0.25, 0.3) is 0 Å². The lowest BCUT2D eigenvalue weighted by Crippen LogP contribution is -2.22. The lowest BCUT2D eigenvalue weighted by Gasteiger charge is -2.11. The Morgan fingerprint density at radius 1 is 1.53 bits per heavy atom. The highest BCUT2D eigenvalue weighted by atomic mass is 19.1. The predicted molar refractivity (Wildman–Crippen MR) is 52.2 cm³/mol. The molecular weight excluding hydrogens is 199 g/mol. The van der Waals surface area contributed by atoms with Crippen LogP contribution in [0.4, 0.5) is 9.18 Å². The molecule has 15 heavy (non-hydrogen) atoms. The zero-order valence-electron chi connectivity index (χ0n) is 8.21. The highest BCUT2D eigenvalue weighted by molar-refractivity contribution is 5.76. The first-order chi connectivity index (χ1) is 7.20. The summed E-state index contributed by atoms with van der Waals surface area (Å²) in [7, 11) is 1.52. The Morgan fingerprint density at radius 2 is 2.33 bits per heavy atom. The minimum absolute atomic E-state index is 0.276. The summed E-state index contributed by atoms with van der Waals surface area (Å²) in [6, 6.07) is 3.87. The number of halogens is 1. The fraction of sp³-hybridized carbons (Fsp3) is 0.300. The Morgan fingerprint density at radius 3 is 2.93 bits per heavy atom. The van der Waals surface area contributed by atoms with Crippen molar-refractivity contribution in [2.45, 2.75) is 6.04 Å². The molecule has 1 aliphatic heterocycles. The molecule has 0 aliphatic carbocycles. The summed E-state index contributed by atoms with van der Waals surface area (Å²) in [4.78, 5) is 10.9. The van der Waals surface area contributed by atoms with E-state index >= 15 is 0 Å². The van der Waals surface area contributed by atoms with E-state index in [2.05, 4.69) is 10.6 Å². The second-order valence-corrected chi connectivity index (χ2v) is 3.29. The first-order valence-electron chi connectivity index (χ1n) is 4.58. The van der Waals surface area contributed by atoms with E-state index in [-0.39, 0.29) is 17.9 Å². The highest BCUT2D eigenvalue weighted by Crippen LogP contribution is 2.23. The van der Waals surface area contributed by atoms with Crippen molar-refractivity contribution in [3.05, 3.63) is 29.6 Å². The Kier molecular flexibility index (Phi) is 2.45. The summed E-state index contributed by atoms with van der Waals surface area (Å²) in [6.45, 7) is 0.392. The van der Waals surface area contributed by atoms with E-state index in [0.717, 1.165) is 0 Å². The van der Waals surface area contributed by atoms with Gasteiger partial charge in [0, 0.05) is 12.1 Å². The van der Waals surface area contributed by atoms with Gasteiger partial charge in [-0.15, -0.1) is 0 Å². The first-order valence-corrected chi connectivity index (χ1v) is 4.58. The van der Waals surface area contributed by atoms with Gasteiger partial charge in [-0.3, -0.25) is 0 Å². The molecule has 1 aliphatic rings. The number of carbonyl (C=O) groups is 1. The molecule has 5 heteroatoms. The van der Waals surface area contributed by atoms with Crippen LogP contribution in [-0.2, 0) is 0 Å². The molecule has 0 aromatic heterocycles. The molecule has 1 aromatic rings. The van der Waals surface area contributed by atoms with Gasteiger partial charge < -0.3 is 15.4 Å². The number of carbonyl (C=O) groups excluding carboxylic acids is 1. The molecule has 1 fully saturated rings. The zero-order chi connectivity index (χ0) is 10.8. The summed E-state index contributed by atoms with van der Waals surface area (Å²) < 4.78 is 18.4. The maximum Gasteiger partial charge on any atom is 0.315 e. The molecule has 0 radical (unpaired) electrons. The lowest BCUT2D eigenvalue weighted by atomic mass is 10.1. The predicted octanol–water partition coefficient (Wildman–Crippen LogP) is 1.19. The SMILES string of the molecule is COc1ccc(F)c([C@H]2CNC(=O)N2)c1. The molecule has 4 nitrogen and oxygen atoms in total. The first kappa shape index (κ1) is 9.76. The van der Waals surface area contributed by atoms with Crippen molar-refractivity contribution in [3.8, 4) is 5.75 Å². The molecule has 1 atom stereocenters. The maximum absolute atomic E-state index is 13.5. The monoisotopic (exact) mass is 210 g/mol. The summed E-state index contributed by atoms with van der Waals surface area (Å²) in [5, 5.41) is 5.19. The molecule has 1 saturated heterocycles. The number of benzene rings is 1. The van der Waals surface area contributed by atoms with Crippen molar-refractivity contribution in [3.63, 3.8) is 0 Å². The van der Waals surface area contributed by atoms with E-state index in [4.69, 9.17) is 4.74 Å². The number of ether oxygens (including phenoxy) is 1. The van der Waals surface area contributed by atoms with Crippen molar-refractivity contribution in [2.24, 2.45) is 0 Å². The van der Waals surface area contributed by atoms with Gasteiger partial charge in [-0.2, -0.15) is 0 Å². The van der Waals surface area contributed by atoms with Crippen LogP contribution in [0.5, 0.6) is 5.75 Å². The standard InChI is InChI=1S/C10H11FN2O2/c1-15-6-2-3-8(11)7(4-6)9-5-12-10(14)13-9/h2-4,9H,5H2,1H3,(H2,12,13,14)/t9-/m1/s1. The van der Waals surface area contributed by atoms with Crippen molar-refractivity contribution < 1.29 is 13.9 Å². The number of urea groups is 1. The number of hydrogen-bond acceptors (Lipinski definition) is 2. The van der Waals surface area contributed by atoms with Crippen LogP contribution in [0.2, 0.25) is 0 Å².